The van der Waals surface area contributed by atoms with Gasteiger partial charge in [-0.05, 0) is 31.7 Å². The van der Waals surface area contributed by atoms with Gasteiger partial charge in [0.05, 0.1) is 0 Å². The Balaban J connectivity index is 2.21. The highest BCUT2D eigenvalue weighted by molar-refractivity contribution is 4.74. The second kappa shape index (κ2) is 8.12. The zero-order valence-corrected chi connectivity index (χ0v) is 10.2. The van der Waals surface area contributed by atoms with Gasteiger partial charge in [0, 0.05) is 12.6 Å². The SMILES string of the molecule is CCCNC(CCO)CC1CCCCC1. The molecule has 0 aliphatic heterocycles. The molecule has 1 fully saturated rings. The Labute approximate surface area is 94.5 Å². The van der Waals surface area contributed by atoms with Crippen LogP contribution in [-0.2, 0) is 0 Å². The summed E-state index contributed by atoms with van der Waals surface area (Å²) in [7, 11) is 0. The lowest BCUT2D eigenvalue weighted by molar-refractivity contribution is 0.234. The first-order valence-electron chi connectivity index (χ1n) is 6.71. The van der Waals surface area contributed by atoms with Crippen LogP contribution in [0.1, 0.15) is 58.3 Å². The van der Waals surface area contributed by atoms with Crippen LogP contribution in [-0.4, -0.2) is 24.3 Å². The second-order valence-electron chi connectivity index (χ2n) is 4.90. The Kier molecular flexibility index (Phi) is 7.03. The molecule has 90 valence electrons. The topological polar surface area (TPSA) is 32.3 Å². The quantitative estimate of drug-likeness (QED) is 0.681. The van der Waals surface area contributed by atoms with Crippen molar-refractivity contribution in [1.82, 2.24) is 5.32 Å². The van der Waals surface area contributed by atoms with Crippen molar-refractivity contribution in [3.05, 3.63) is 0 Å². The van der Waals surface area contributed by atoms with Crippen LogP contribution in [0.5, 0.6) is 0 Å². The lowest BCUT2D eigenvalue weighted by atomic mass is 9.84. The van der Waals surface area contributed by atoms with E-state index in [1.165, 1.54) is 44.9 Å². The summed E-state index contributed by atoms with van der Waals surface area (Å²) in [5, 5.41) is 12.6. The number of aliphatic hydroxyl groups is 1. The summed E-state index contributed by atoms with van der Waals surface area (Å²) in [6.07, 6.45) is 10.5. The van der Waals surface area contributed by atoms with Gasteiger partial charge in [-0.2, -0.15) is 0 Å². The van der Waals surface area contributed by atoms with E-state index in [1.807, 2.05) is 0 Å². The van der Waals surface area contributed by atoms with Crippen LogP contribution in [0.4, 0.5) is 0 Å². The molecule has 2 N–H and O–H groups in total. The van der Waals surface area contributed by atoms with Gasteiger partial charge >= 0.3 is 0 Å². The van der Waals surface area contributed by atoms with Crippen LogP contribution in [0.25, 0.3) is 0 Å². The molecule has 0 aromatic heterocycles. The number of rotatable bonds is 7. The van der Waals surface area contributed by atoms with Crippen molar-refractivity contribution in [3.8, 4) is 0 Å². The van der Waals surface area contributed by atoms with Gasteiger partial charge in [0.15, 0.2) is 0 Å². The molecule has 1 aliphatic rings. The summed E-state index contributed by atoms with van der Waals surface area (Å²) < 4.78 is 0. The van der Waals surface area contributed by atoms with Gasteiger partial charge in [0.2, 0.25) is 0 Å². The Bertz CT molecular complexity index is 143. The average Bonchev–Trinajstić information content (AvgIpc) is 2.28. The van der Waals surface area contributed by atoms with Gasteiger partial charge in [0.25, 0.3) is 0 Å². The summed E-state index contributed by atoms with van der Waals surface area (Å²) in [5.41, 5.74) is 0. The zero-order valence-electron chi connectivity index (χ0n) is 10.2. The maximum atomic E-state index is 9.03. The van der Waals surface area contributed by atoms with Crippen molar-refractivity contribution in [3.63, 3.8) is 0 Å². The zero-order chi connectivity index (χ0) is 10.9. The highest BCUT2D eigenvalue weighted by Gasteiger charge is 2.18. The molecule has 0 heterocycles. The molecule has 1 aliphatic carbocycles. The van der Waals surface area contributed by atoms with Gasteiger partial charge in [-0.3, -0.25) is 0 Å². The number of hydrogen-bond acceptors (Lipinski definition) is 2. The van der Waals surface area contributed by atoms with Crippen LogP contribution in [0.3, 0.4) is 0 Å². The summed E-state index contributed by atoms with van der Waals surface area (Å²) in [6.45, 7) is 3.62. The van der Waals surface area contributed by atoms with Crippen LogP contribution >= 0.6 is 0 Å². The lowest BCUT2D eigenvalue weighted by Crippen LogP contribution is -2.33. The molecule has 0 spiro atoms. The molecule has 0 aromatic rings. The first-order chi connectivity index (χ1) is 7.36. The Morgan fingerprint density at radius 3 is 2.60 bits per heavy atom. The third-order valence-electron chi connectivity index (χ3n) is 3.50. The predicted molar refractivity (Wildman–Crippen MR) is 65.0 cm³/mol. The molecule has 0 bridgehead atoms. The lowest BCUT2D eigenvalue weighted by Gasteiger charge is -2.26. The smallest absolute Gasteiger partial charge is 0.0445 e. The van der Waals surface area contributed by atoms with Gasteiger partial charge in [-0.25, -0.2) is 0 Å². The fourth-order valence-corrected chi connectivity index (χ4v) is 2.63. The van der Waals surface area contributed by atoms with E-state index < -0.39 is 0 Å². The maximum Gasteiger partial charge on any atom is 0.0445 e. The largest absolute Gasteiger partial charge is 0.396 e. The van der Waals surface area contributed by atoms with Crippen molar-refractivity contribution in [2.75, 3.05) is 13.2 Å². The van der Waals surface area contributed by atoms with E-state index in [0.717, 1.165) is 18.9 Å². The summed E-state index contributed by atoms with van der Waals surface area (Å²) >= 11 is 0. The summed E-state index contributed by atoms with van der Waals surface area (Å²) in [4.78, 5) is 0. The fraction of sp³-hybridized carbons (Fsp3) is 1.00. The van der Waals surface area contributed by atoms with Crippen molar-refractivity contribution < 1.29 is 5.11 Å². The molecule has 15 heavy (non-hydrogen) atoms. The minimum atomic E-state index is 0.327. The van der Waals surface area contributed by atoms with E-state index in [4.69, 9.17) is 5.11 Å². The van der Waals surface area contributed by atoms with Crippen LogP contribution in [0.15, 0.2) is 0 Å². The average molecular weight is 213 g/mol. The van der Waals surface area contributed by atoms with E-state index in [0.29, 0.717) is 12.6 Å². The molecule has 0 aromatic carbocycles. The standard InChI is InChI=1S/C13H27NO/c1-2-9-14-13(8-10-15)11-12-6-4-3-5-7-12/h12-15H,2-11H2,1H3. The van der Waals surface area contributed by atoms with Crippen LogP contribution < -0.4 is 5.32 Å². The first kappa shape index (κ1) is 13.0. The molecular weight excluding hydrogens is 186 g/mol. The monoisotopic (exact) mass is 213 g/mol. The van der Waals surface area contributed by atoms with Crippen molar-refractivity contribution in [2.45, 2.75) is 64.3 Å². The Morgan fingerprint density at radius 1 is 1.27 bits per heavy atom. The van der Waals surface area contributed by atoms with Crippen LogP contribution in [0.2, 0.25) is 0 Å². The number of hydrogen-bond donors (Lipinski definition) is 2. The van der Waals surface area contributed by atoms with E-state index in [2.05, 4.69) is 12.2 Å². The summed E-state index contributed by atoms with van der Waals surface area (Å²) in [6, 6.07) is 0.554. The molecule has 0 amide bonds. The van der Waals surface area contributed by atoms with Crippen molar-refractivity contribution in [1.29, 1.82) is 0 Å². The number of nitrogens with one attached hydrogen (secondary N) is 1. The molecule has 1 saturated carbocycles. The van der Waals surface area contributed by atoms with E-state index in [-0.39, 0.29) is 0 Å². The second-order valence-corrected chi connectivity index (χ2v) is 4.90. The molecule has 1 atom stereocenters. The minimum absolute atomic E-state index is 0.327. The van der Waals surface area contributed by atoms with Gasteiger partial charge in [-0.1, -0.05) is 39.0 Å². The predicted octanol–water partition coefficient (Wildman–Crippen LogP) is 2.71. The Hall–Kier alpha value is -0.0800. The van der Waals surface area contributed by atoms with Gasteiger partial charge in [-0.15, -0.1) is 0 Å². The van der Waals surface area contributed by atoms with Crippen molar-refractivity contribution >= 4 is 0 Å². The molecule has 0 radical (unpaired) electrons. The molecule has 1 rings (SSSR count). The van der Waals surface area contributed by atoms with Crippen LogP contribution in [0, 0.1) is 5.92 Å². The third kappa shape index (κ3) is 5.53. The Morgan fingerprint density at radius 2 is 2.00 bits per heavy atom. The van der Waals surface area contributed by atoms with E-state index >= 15 is 0 Å². The summed E-state index contributed by atoms with van der Waals surface area (Å²) in [5.74, 6) is 0.916. The van der Waals surface area contributed by atoms with E-state index in [9.17, 15) is 0 Å². The minimum Gasteiger partial charge on any atom is -0.396 e. The van der Waals surface area contributed by atoms with Crippen molar-refractivity contribution in [2.24, 2.45) is 5.92 Å². The normalized spacial score (nSPS) is 20.4. The van der Waals surface area contributed by atoms with Gasteiger partial charge in [0.1, 0.15) is 0 Å². The van der Waals surface area contributed by atoms with E-state index in [1.54, 1.807) is 0 Å². The fourth-order valence-electron chi connectivity index (χ4n) is 2.63. The highest BCUT2D eigenvalue weighted by atomic mass is 16.3. The molecule has 0 saturated heterocycles. The molecule has 2 nitrogen and oxygen atoms in total. The molecule has 2 heteroatoms. The van der Waals surface area contributed by atoms with Gasteiger partial charge < -0.3 is 10.4 Å². The highest BCUT2D eigenvalue weighted by Crippen LogP contribution is 2.27. The number of aliphatic hydroxyl groups excluding tert-OH is 1. The molecular formula is C13H27NO. The molecule has 1 unspecified atom stereocenters. The third-order valence-corrected chi connectivity index (χ3v) is 3.50. The maximum absolute atomic E-state index is 9.03. The first-order valence-corrected chi connectivity index (χ1v) is 6.71.